The zero-order valence-corrected chi connectivity index (χ0v) is 11.8. The van der Waals surface area contributed by atoms with E-state index in [0.717, 1.165) is 4.70 Å². The number of para-hydroxylation sites is 1. The number of nitrogens with zero attached hydrogens (tertiary/aromatic N) is 1. The van der Waals surface area contributed by atoms with Gasteiger partial charge in [0.2, 0.25) is 0 Å². The zero-order valence-electron chi connectivity index (χ0n) is 11.0. The third-order valence-corrected chi connectivity index (χ3v) is 4.14. The summed E-state index contributed by atoms with van der Waals surface area (Å²) in [6, 6.07) is 9.93. The van der Waals surface area contributed by atoms with Crippen LogP contribution in [0.25, 0.3) is 20.8 Å². The lowest BCUT2D eigenvalue weighted by molar-refractivity contribution is 0.0697. The highest BCUT2D eigenvalue weighted by atomic mass is 32.1. The van der Waals surface area contributed by atoms with Crippen molar-refractivity contribution in [1.29, 1.82) is 0 Å². The van der Waals surface area contributed by atoms with Gasteiger partial charge in [-0.1, -0.05) is 6.07 Å². The third kappa shape index (κ3) is 2.30. The fourth-order valence-corrected chi connectivity index (χ4v) is 3.06. The highest BCUT2D eigenvalue weighted by molar-refractivity contribution is 7.21. The van der Waals surface area contributed by atoms with E-state index in [9.17, 15) is 9.90 Å². The molecule has 3 rings (SSSR count). The third-order valence-electron chi connectivity index (χ3n) is 3.08. The maximum atomic E-state index is 11.0. The molecular formula is C15H11NO4S. The molecule has 0 spiro atoms. The van der Waals surface area contributed by atoms with Gasteiger partial charge >= 0.3 is 5.97 Å². The van der Waals surface area contributed by atoms with Gasteiger partial charge in [0.15, 0.2) is 11.5 Å². The summed E-state index contributed by atoms with van der Waals surface area (Å²) < 4.78 is 5.84. The molecule has 0 aliphatic carbocycles. The number of aromatic nitrogens is 1. The molecule has 0 fully saturated rings. The van der Waals surface area contributed by atoms with Crippen LogP contribution in [0.3, 0.4) is 0 Å². The van der Waals surface area contributed by atoms with Crippen LogP contribution < -0.4 is 4.74 Å². The number of carboxylic acid groups (broad SMARTS) is 1. The molecule has 0 radical (unpaired) electrons. The van der Waals surface area contributed by atoms with E-state index >= 15 is 0 Å². The molecule has 106 valence electrons. The number of rotatable bonds is 3. The molecule has 2 aromatic carbocycles. The van der Waals surface area contributed by atoms with Crippen LogP contribution in [0.4, 0.5) is 0 Å². The highest BCUT2D eigenvalue weighted by Gasteiger charge is 2.14. The molecule has 5 nitrogen and oxygen atoms in total. The predicted octanol–water partition coefficient (Wildman–Crippen LogP) is 3.38. The first-order valence-corrected chi connectivity index (χ1v) is 6.92. The number of carbonyl (C=O) groups is 1. The summed E-state index contributed by atoms with van der Waals surface area (Å²) in [6.45, 7) is 0. The number of hydrogen-bond acceptors (Lipinski definition) is 5. The van der Waals surface area contributed by atoms with Gasteiger partial charge < -0.3 is 14.9 Å². The number of carboxylic acids is 1. The van der Waals surface area contributed by atoms with Crippen molar-refractivity contribution in [2.24, 2.45) is 0 Å². The van der Waals surface area contributed by atoms with E-state index in [1.807, 2.05) is 0 Å². The molecule has 1 heterocycles. The molecule has 1 aromatic heterocycles. The van der Waals surface area contributed by atoms with Crippen LogP contribution in [0.1, 0.15) is 10.4 Å². The van der Waals surface area contributed by atoms with Crippen molar-refractivity contribution in [3.8, 4) is 22.1 Å². The molecular weight excluding hydrogens is 290 g/mol. The van der Waals surface area contributed by atoms with Crippen molar-refractivity contribution >= 4 is 27.5 Å². The maximum Gasteiger partial charge on any atom is 0.335 e. The number of thiazole rings is 1. The molecule has 0 saturated heterocycles. The molecule has 21 heavy (non-hydrogen) atoms. The summed E-state index contributed by atoms with van der Waals surface area (Å²) in [6.07, 6.45) is 0. The number of ether oxygens (including phenoxy) is 1. The fourth-order valence-electron chi connectivity index (χ4n) is 2.03. The van der Waals surface area contributed by atoms with Gasteiger partial charge in [-0.3, -0.25) is 0 Å². The Balaban J connectivity index is 2.15. The van der Waals surface area contributed by atoms with Crippen LogP contribution in [0, 0.1) is 0 Å². The number of hydrogen-bond donors (Lipinski definition) is 2. The van der Waals surface area contributed by atoms with Crippen molar-refractivity contribution in [3.63, 3.8) is 0 Å². The van der Waals surface area contributed by atoms with Crippen molar-refractivity contribution < 1.29 is 19.7 Å². The van der Waals surface area contributed by atoms with Gasteiger partial charge in [0.1, 0.15) is 5.01 Å². The Morgan fingerprint density at radius 3 is 2.81 bits per heavy atom. The fraction of sp³-hybridized carbons (Fsp3) is 0.0667. The van der Waals surface area contributed by atoms with Crippen LogP contribution in [0.2, 0.25) is 0 Å². The molecule has 3 aromatic rings. The lowest BCUT2D eigenvalue weighted by atomic mass is 10.2. The maximum absolute atomic E-state index is 11.0. The summed E-state index contributed by atoms with van der Waals surface area (Å²) >= 11 is 1.33. The van der Waals surface area contributed by atoms with Gasteiger partial charge in [-0.05, 0) is 30.3 Å². The second kappa shape index (κ2) is 5.06. The van der Waals surface area contributed by atoms with Crippen molar-refractivity contribution in [3.05, 3.63) is 42.0 Å². The van der Waals surface area contributed by atoms with Crippen LogP contribution in [-0.2, 0) is 0 Å². The van der Waals surface area contributed by atoms with E-state index in [1.165, 1.54) is 24.5 Å². The van der Waals surface area contributed by atoms with Crippen molar-refractivity contribution in [1.82, 2.24) is 4.98 Å². The largest absolute Gasteiger partial charge is 0.504 e. The lowest BCUT2D eigenvalue weighted by Crippen LogP contribution is -1.94. The van der Waals surface area contributed by atoms with E-state index in [2.05, 4.69) is 4.98 Å². The molecule has 6 heteroatoms. The van der Waals surface area contributed by atoms with Gasteiger partial charge in [0, 0.05) is 0 Å². The Labute approximate surface area is 124 Å². The summed E-state index contributed by atoms with van der Waals surface area (Å²) in [4.78, 5) is 15.4. The molecule has 0 bridgehead atoms. The Morgan fingerprint density at radius 2 is 2.10 bits per heavy atom. The SMILES string of the molecule is COc1cccc(-c2nc3ccc(C(=O)O)cc3s2)c1O. The Morgan fingerprint density at radius 1 is 1.29 bits per heavy atom. The van der Waals surface area contributed by atoms with Crippen molar-refractivity contribution in [2.45, 2.75) is 0 Å². The summed E-state index contributed by atoms with van der Waals surface area (Å²) in [5, 5.41) is 19.8. The number of methoxy groups -OCH3 is 1. The molecule has 0 aliphatic heterocycles. The zero-order chi connectivity index (χ0) is 15.0. The topological polar surface area (TPSA) is 79.7 Å². The van der Waals surface area contributed by atoms with Gasteiger partial charge in [-0.2, -0.15) is 0 Å². The van der Waals surface area contributed by atoms with E-state index < -0.39 is 5.97 Å². The molecule has 0 aliphatic rings. The summed E-state index contributed by atoms with van der Waals surface area (Å²) in [7, 11) is 1.48. The van der Waals surface area contributed by atoms with Gasteiger partial charge in [-0.25, -0.2) is 9.78 Å². The number of phenolic OH excluding ortho intramolecular Hbond substituents is 1. The molecule has 0 amide bonds. The monoisotopic (exact) mass is 301 g/mol. The first-order valence-electron chi connectivity index (χ1n) is 6.10. The number of aromatic carboxylic acids is 1. The van der Waals surface area contributed by atoms with E-state index in [-0.39, 0.29) is 11.3 Å². The van der Waals surface area contributed by atoms with E-state index in [1.54, 1.807) is 30.3 Å². The standard InChI is InChI=1S/C15H11NO4S/c1-20-11-4-2-3-9(13(11)17)14-16-10-6-5-8(15(18)19)7-12(10)21-14/h2-7,17H,1H3,(H,18,19). The van der Waals surface area contributed by atoms with E-state index in [0.29, 0.717) is 21.8 Å². The smallest absolute Gasteiger partial charge is 0.335 e. The number of benzene rings is 2. The second-order valence-electron chi connectivity index (χ2n) is 4.36. The number of phenols is 1. The minimum Gasteiger partial charge on any atom is -0.504 e. The Hall–Kier alpha value is -2.60. The van der Waals surface area contributed by atoms with Gasteiger partial charge in [0.05, 0.1) is 28.5 Å². The normalized spacial score (nSPS) is 10.7. The average molecular weight is 301 g/mol. The van der Waals surface area contributed by atoms with E-state index in [4.69, 9.17) is 9.84 Å². The Kier molecular flexibility index (Phi) is 3.23. The van der Waals surface area contributed by atoms with Crippen LogP contribution >= 0.6 is 11.3 Å². The molecule has 0 unspecified atom stereocenters. The van der Waals surface area contributed by atoms with Gasteiger partial charge in [0.25, 0.3) is 0 Å². The minimum absolute atomic E-state index is 0.0255. The van der Waals surface area contributed by atoms with Crippen LogP contribution in [-0.4, -0.2) is 28.3 Å². The molecule has 0 atom stereocenters. The predicted molar refractivity (Wildman–Crippen MR) is 80.2 cm³/mol. The summed E-state index contributed by atoms with van der Waals surface area (Å²) in [5.41, 5.74) is 1.47. The first kappa shape index (κ1) is 13.4. The number of aromatic hydroxyl groups is 1. The van der Waals surface area contributed by atoms with Gasteiger partial charge in [-0.15, -0.1) is 11.3 Å². The van der Waals surface area contributed by atoms with Crippen LogP contribution in [0.5, 0.6) is 11.5 Å². The molecule has 0 saturated carbocycles. The number of fused-ring (bicyclic) bond motifs is 1. The minimum atomic E-state index is -0.976. The van der Waals surface area contributed by atoms with Crippen LogP contribution in [0.15, 0.2) is 36.4 Å². The lowest BCUT2D eigenvalue weighted by Gasteiger charge is -2.05. The second-order valence-corrected chi connectivity index (χ2v) is 5.39. The summed E-state index contributed by atoms with van der Waals surface area (Å²) in [5.74, 6) is -0.577. The first-order chi connectivity index (χ1) is 10.1. The molecule has 2 N–H and O–H groups in total. The average Bonchev–Trinajstić information content (AvgIpc) is 2.90. The highest BCUT2D eigenvalue weighted by Crippen LogP contribution is 2.40. The quantitative estimate of drug-likeness (QED) is 0.775. The van der Waals surface area contributed by atoms with Crippen molar-refractivity contribution in [2.75, 3.05) is 7.11 Å². The Bertz CT molecular complexity index is 841.